The minimum absolute atomic E-state index is 0.0209. The summed E-state index contributed by atoms with van der Waals surface area (Å²) in [7, 11) is -3.93. The molecular weight excluding hydrogens is 360 g/mol. The van der Waals surface area contributed by atoms with E-state index >= 15 is 0 Å². The summed E-state index contributed by atoms with van der Waals surface area (Å²) >= 11 is 5.94. The fourth-order valence-electron chi connectivity index (χ4n) is 2.52. The first-order valence-corrected chi connectivity index (χ1v) is 9.15. The number of aromatic nitrogens is 2. The second kappa shape index (κ2) is 6.69. The molecule has 0 spiro atoms. The van der Waals surface area contributed by atoms with Gasteiger partial charge >= 0.3 is 0 Å². The fraction of sp³-hybridized carbons (Fsp3) is 0.0588. The summed E-state index contributed by atoms with van der Waals surface area (Å²) in [5.41, 5.74) is 2.30. The van der Waals surface area contributed by atoms with Gasteiger partial charge in [-0.15, -0.1) is 0 Å². The van der Waals surface area contributed by atoms with Crippen molar-refractivity contribution in [1.82, 2.24) is 9.78 Å². The molecule has 0 saturated carbocycles. The standard InChI is InChI=1S/C17H13ClN4O2S/c18-13-7-5-12(6-8-13)15-11-22(10-9-19)21-17(15)14-3-1-2-4-16(14)25(20,23)24/h1-8,11H,10H2,(H2,20,23,24). The van der Waals surface area contributed by atoms with Crippen LogP contribution in [0, 0.1) is 11.3 Å². The van der Waals surface area contributed by atoms with Gasteiger partial charge in [-0.1, -0.05) is 41.9 Å². The molecule has 126 valence electrons. The Kier molecular flexibility index (Phi) is 4.59. The Morgan fingerprint density at radius 1 is 1.12 bits per heavy atom. The normalized spacial score (nSPS) is 11.2. The number of rotatable bonds is 4. The topological polar surface area (TPSA) is 102 Å². The molecule has 0 unspecified atom stereocenters. The van der Waals surface area contributed by atoms with Crippen LogP contribution in [0.25, 0.3) is 22.4 Å². The lowest BCUT2D eigenvalue weighted by Gasteiger charge is -2.07. The summed E-state index contributed by atoms with van der Waals surface area (Å²) < 4.78 is 25.3. The minimum atomic E-state index is -3.93. The van der Waals surface area contributed by atoms with E-state index in [-0.39, 0.29) is 11.4 Å². The van der Waals surface area contributed by atoms with E-state index in [9.17, 15) is 8.42 Å². The first-order chi connectivity index (χ1) is 11.9. The maximum Gasteiger partial charge on any atom is 0.238 e. The lowest BCUT2D eigenvalue weighted by atomic mass is 10.0. The van der Waals surface area contributed by atoms with Gasteiger partial charge in [0.05, 0.1) is 11.0 Å². The molecule has 0 radical (unpaired) electrons. The van der Waals surface area contributed by atoms with E-state index in [1.807, 2.05) is 6.07 Å². The molecule has 2 aromatic carbocycles. The fourth-order valence-corrected chi connectivity index (χ4v) is 3.39. The number of halogens is 1. The van der Waals surface area contributed by atoms with Gasteiger partial charge in [0.2, 0.25) is 10.0 Å². The monoisotopic (exact) mass is 372 g/mol. The van der Waals surface area contributed by atoms with Crippen LogP contribution < -0.4 is 5.14 Å². The van der Waals surface area contributed by atoms with Gasteiger partial charge in [-0.2, -0.15) is 10.4 Å². The number of nitriles is 1. The van der Waals surface area contributed by atoms with E-state index in [4.69, 9.17) is 22.0 Å². The predicted molar refractivity (Wildman–Crippen MR) is 95.1 cm³/mol. The van der Waals surface area contributed by atoms with Crippen molar-refractivity contribution in [1.29, 1.82) is 5.26 Å². The van der Waals surface area contributed by atoms with Gasteiger partial charge in [-0.25, -0.2) is 13.6 Å². The van der Waals surface area contributed by atoms with Gasteiger partial charge in [0.1, 0.15) is 12.2 Å². The van der Waals surface area contributed by atoms with Gasteiger partial charge < -0.3 is 0 Å². The molecule has 2 N–H and O–H groups in total. The number of primary sulfonamides is 1. The van der Waals surface area contributed by atoms with Crippen molar-refractivity contribution in [3.05, 3.63) is 59.8 Å². The third kappa shape index (κ3) is 3.56. The zero-order valence-corrected chi connectivity index (χ0v) is 14.5. The second-order valence-electron chi connectivity index (χ2n) is 5.30. The predicted octanol–water partition coefficient (Wildman–Crippen LogP) is 3.04. The van der Waals surface area contributed by atoms with Crippen LogP contribution in [0.1, 0.15) is 0 Å². The summed E-state index contributed by atoms with van der Waals surface area (Å²) in [5.74, 6) is 0. The Labute approximate surface area is 150 Å². The van der Waals surface area contributed by atoms with Crippen molar-refractivity contribution >= 4 is 21.6 Å². The van der Waals surface area contributed by atoms with Crippen molar-refractivity contribution in [2.75, 3.05) is 0 Å². The molecule has 3 rings (SSSR count). The van der Waals surface area contributed by atoms with Crippen LogP contribution in [0.3, 0.4) is 0 Å². The van der Waals surface area contributed by atoms with Gasteiger partial charge in [0, 0.05) is 22.3 Å². The summed E-state index contributed by atoms with van der Waals surface area (Å²) in [5, 5.41) is 19.2. The first-order valence-electron chi connectivity index (χ1n) is 7.22. The van der Waals surface area contributed by atoms with E-state index in [0.29, 0.717) is 21.8 Å². The summed E-state index contributed by atoms with van der Waals surface area (Å²) in [6.07, 6.45) is 1.70. The number of nitrogens with two attached hydrogens (primary N) is 1. The lowest BCUT2D eigenvalue weighted by Crippen LogP contribution is -2.13. The number of hydrogen-bond donors (Lipinski definition) is 1. The van der Waals surface area contributed by atoms with E-state index in [2.05, 4.69) is 5.10 Å². The average Bonchev–Trinajstić information content (AvgIpc) is 2.99. The van der Waals surface area contributed by atoms with Crippen LogP contribution in [0.5, 0.6) is 0 Å². The van der Waals surface area contributed by atoms with Crippen LogP contribution in [0.15, 0.2) is 59.6 Å². The first kappa shape index (κ1) is 17.2. The average molecular weight is 373 g/mol. The lowest BCUT2D eigenvalue weighted by molar-refractivity contribution is 0.598. The Morgan fingerprint density at radius 2 is 1.80 bits per heavy atom. The molecule has 0 saturated heterocycles. The van der Waals surface area contributed by atoms with Crippen molar-refractivity contribution in [3.63, 3.8) is 0 Å². The van der Waals surface area contributed by atoms with Gasteiger partial charge in [0.15, 0.2) is 0 Å². The molecular formula is C17H13ClN4O2S. The molecule has 0 aliphatic heterocycles. The maximum absolute atomic E-state index is 11.9. The highest BCUT2D eigenvalue weighted by atomic mass is 35.5. The number of hydrogen-bond acceptors (Lipinski definition) is 4. The molecule has 0 amide bonds. The third-order valence-corrected chi connectivity index (χ3v) is 4.82. The molecule has 1 aromatic heterocycles. The van der Waals surface area contributed by atoms with E-state index in [0.717, 1.165) is 5.56 Å². The highest BCUT2D eigenvalue weighted by molar-refractivity contribution is 7.89. The summed E-state index contributed by atoms with van der Waals surface area (Å²) in [6, 6.07) is 15.5. The van der Waals surface area contributed by atoms with Gasteiger partial charge in [-0.3, -0.25) is 4.68 Å². The van der Waals surface area contributed by atoms with Crippen molar-refractivity contribution in [3.8, 4) is 28.5 Å². The van der Waals surface area contributed by atoms with Crippen molar-refractivity contribution in [2.45, 2.75) is 11.4 Å². The largest absolute Gasteiger partial charge is 0.257 e. The SMILES string of the molecule is N#CCn1cc(-c2ccc(Cl)cc2)c(-c2ccccc2S(N)(=O)=O)n1. The molecule has 0 aliphatic carbocycles. The van der Waals surface area contributed by atoms with Gasteiger partial charge in [0.25, 0.3) is 0 Å². The van der Waals surface area contributed by atoms with Crippen LogP contribution >= 0.6 is 11.6 Å². The van der Waals surface area contributed by atoms with Crippen LogP contribution in [-0.2, 0) is 16.6 Å². The van der Waals surface area contributed by atoms with E-state index < -0.39 is 10.0 Å². The van der Waals surface area contributed by atoms with Crippen LogP contribution in [0.4, 0.5) is 0 Å². The number of nitrogens with zero attached hydrogens (tertiary/aromatic N) is 3. The second-order valence-corrected chi connectivity index (χ2v) is 7.26. The zero-order chi connectivity index (χ0) is 18.0. The van der Waals surface area contributed by atoms with Gasteiger partial charge in [-0.05, 0) is 23.8 Å². The quantitative estimate of drug-likeness (QED) is 0.760. The molecule has 0 aliphatic rings. The molecule has 3 aromatic rings. The van der Waals surface area contributed by atoms with Crippen molar-refractivity contribution in [2.24, 2.45) is 5.14 Å². The van der Waals surface area contributed by atoms with Crippen molar-refractivity contribution < 1.29 is 8.42 Å². The molecule has 0 fully saturated rings. The third-order valence-electron chi connectivity index (χ3n) is 3.60. The molecule has 8 heteroatoms. The summed E-state index contributed by atoms with van der Waals surface area (Å²) in [6.45, 7) is 0.0398. The van der Waals surface area contributed by atoms with Crippen LogP contribution in [-0.4, -0.2) is 18.2 Å². The van der Waals surface area contributed by atoms with E-state index in [1.54, 1.807) is 48.7 Å². The highest BCUT2D eigenvalue weighted by Gasteiger charge is 2.20. The maximum atomic E-state index is 11.9. The molecule has 1 heterocycles. The molecule has 25 heavy (non-hydrogen) atoms. The Bertz CT molecular complexity index is 1070. The van der Waals surface area contributed by atoms with E-state index in [1.165, 1.54) is 10.7 Å². The Morgan fingerprint density at radius 3 is 2.44 bits per heavy atom. The number of benzene rings is 2. The highest BCUT2D eigenvalue weighted by Crippen LogP contribution is 2.34. The molecule has 0 bridgehead atoms. The summed E-state index contributed by atoms with van der Waals surface area (Å²) in [4.78, 5) is -0.0209. The zero-order valence-electron chi connectivity index (χ0n) is 12.9. The molecule has 6 nitrogen and oxygen atoms in total. The van der Waals surface area contributed by atoms with Crippen LogP contribution in [0.2, 0.25) is 5.02 Å². The Balaban J connectivity index is 2.27. The number of sulfonamides is 1. The minimum Gasteiger partial charge on any atom is -0.257 e. The smallest absolute Gasteiger partial charge is 0.238 e. The molecule has 0 atom stereocenters. The Hall–Kier alpha value is -2.66.